The molecule has 6 heteroatoms. The molecule has 3 rings (SSSR count). The molecule has 5 nitrogen and oxygen atoms in total. The molecule has 2 aromatic carbocycles. The van der Waals surface area contributed by atoms with Crippen LogP contribution in [0.4, 0.5) is 4.79 Å². The van der Waals surface area contributed by atoms with Gasteiger partial charge in [0.05, 0.1) is 10.6 Å². The lowest BCUT2D eigenvalue weighted by atomic mass is 9.99. The molecule has 0 spiro atoms. The zero-order valence-corrected chi connectivity index (χ0v) is 14.8. The summed E-state index contributed by atoms with van der Waals surface area (Å²) < 4.78 is 24.4. The molecule has 1 saturated heterocycles. The highest BCUT2D eigenvalue weighted by Gasteiger charge is 2.27. The molecule has 2 aromatic rings. The summed E-state index contributed by atoms with van der Waals surface area (Å²) in [6.07, 6.45) is 0.930. The van der Waals surface area contributed by atoms with E-state index in [9.17, 15) is 13.2 Å². The van der Waals surface area contributed by atoms with E-state index in [0.717, 1.165) is 6.42 Å². The highest BCUT2D eigenvalue weighted by Crippen LogP contribution is 2.26. The number of rotatable bonds is 5. The van der Waals surface area contributed by atoms with Crippen molar-refractivity contribution in [2.75, 3.05) is 25.4 Å². The number of carbonyl (C=O) groups is 1. The number of benzene rings is 2. The van der Waals surface area contributed by atoms with E-state index in [-0.39, 0.29) is 23.2 Å². The summed E-state index contributed by atoms with van der Waals surface area (Å²) in [5.41, 5.74) is 1.24. The second-order valence-electron chi connectivity index (χ2n) is 6.21. The average molecular weight is 358 g/mol. The highest BCUT2D eigenvalue weighted by molar-refractivity contribution is 7.91. The van der Waals surface area contributed by atoms with Crippen LogP contribution in [0.15, 0.2) is 65.6 Å². The van der Waals surface area contributed by atoms with Crippen LogP contribution in [0.1, 0.15) is 17.9 Å². The molecule has 1 N–H and O–H groups in total. The van der Waals surface area contributed by atoms with E-state index in [1.807, 2.05) is 18.2 Å². The Labute approximate surface area is 148 Å². The van der Waals surface area contributed by atoms with Crippen LogP contribution in [-0.2, 0) is 9.84 Å². The number of nitrogens with one attached hydrogen (secondary N) is 1. The predicted molar refractivity (Wildman–Crippen MR) is 97.3 cm³/mol. The lowest BCUT2D eigenvalue weighted by Gasteiger charge is -2.17. The van der Waals surface area contributed by atoms with Gasteiger partial charge in [0.25, 0.3) is 0 Å². The first-order chi connectivity index (χ1) is 12.1. The fourth-order valence-corrected chi connectivity index (χ4v) is 4.27. The van der Waals surface area contributed by atoms with Crippen molar-refractivity contribution in [3.05, 3.63) is 66.2 Å². The second kappa shape index (κ2) is 7.70. The third-order valence-electron chi connectivity index (χ3n) is 4.50. The van der Waals surface area contributed by atoms with Crippen molar-refractivity contribution >= 4 is 15.9 Å². The number of hydrogen-bond donors (Lipinski definition) is 1. The SMILES string of the molecule is O=C(NCCS(=O)(=O)c1ccccc1)N1CCC(c2ccccc2)C1. The van der Waals surface area contributed by atoms with Gasteiger partial charge in [-0.3, -0.25) is 0 Å². The number of carbonyl (C=O) groups excluding carboxylic acids is 1. The number of likely N-dealkylation sites (tertiary alicyclic amines) is 1. The summed E-state index contributed by atoms with van der Waals surface area (Å²) in [6, 6.07) is 18.3. The summed E-state index contributed by atoms with van der Waals surface area (Å²) in [5.74, 6) is 0.249. The van der Waals surface area contributed by atoms with Crippen molar-refractivity contribution < 1.29 is 13.2 Å². The summed E-state index contributed by atoms with van der Waals surface area (Å²) in [7, 11) is -3.37. The Hall–Kier alpha value is -2.34. The van der Waals surface area contributed by atoms with E-state index >= 15 is 0 Å². The predicted octanol–water partition coefficient (Wildman–Crippen LogP) is 2.66. The highest BCUT2D eigenvalue weighted by atomic mass is 32.2. The van der Waals surface area contributed by atoms with Gasteiger partial charge < -0.3 is 10.2 Å². The zero-order valence-electron chi connectivity index (χ0n) is 14.0. The maximum Gasteiger partial charge on any atom is 0.317 e. The number of sulfone groups is 1. The van der Waals surface area contributed by atoms with Gasteiger partial charge in [-0.1, -0.05) is 48.5 Å². The van der Waals surface area contributed by atoms with E-state index in [2.05, 4.69) is 17.4 Å². The minimum absolute atomic E-state index is 0.0985. The van der Waals surface area contributed by atoms with Crippen LogP contribution in [0.3, 0.4) is 0 Å². The molecule has 1 aliphatic rings. The third-order valence-corrected chi connectivity index (χ3v) is 6.23. The van der Waals surface area contributed by atoms with Gasteiger partial charge >= 0.3 is 6.03 Å². The Morgan fingerprint density at radius 3 is 2.36 bits per heavy atom. The van der Waals surface area contributed by atoms with Gasteiger partial charge in [0.2, 0.25) is 0 Å². The molecule has 1 heterocycles. The summed E-state index contributed by atoms with van der Waals surface area (Å²) in [6.45, 7) is 1.47. The van der Waals surface area contributed by atoms with Crippen molar-refractivity contribution in [3.8, 4) is 0 Å². The van der Waals surface area contributed by atoms with Crippen molar-refractivity contribution in [1.29, 1.82) is 0 Å². The molecule has 1 aliphatic heterocycles. The van der Waals surface area contributed by atoms with Gasteiger partial charge in [0.1, 0.15) is 0 Å². The fourth-order valence-electron chi connectivity index (χ4n) is 3.09. The van der Waals surface area contributed by atoms with Crippen LogP contribution in [0.2, 0.25) is 0 Å². The fraction of sp³-hybridized carbons (Fsp3) is 0.316. The maximum atomic E-state index is 12.3. The van der Waals surface area contributed by atoms with Crippen LogP contribution < -0.4 is 5.32 Å². The lowest BCUT2D eigenvalue weighted by molar-refractivity contribution is 0.209. The maximum absolute atomic E-state index is 12.3. The van der Waals surface area contributed by atoms with Crippen molar-refractivity contribution in [2.45, 2.75) is 17.2 Å². The molecule has 1 unspecified atom stereocenters. The van der Waals surface area contributed by atoms with Gasteiger partial charge in [-0.05, 0) is 24.1 Å². The van der Waals surface area contributed by atoms with Gasteiger partial charge in [-0.25, -0.2) is 13.2 Å². The Bertz CT molecular complexity index is 807. The molecule has 0 aliphatic carbocycles. The van der Waals surface area contributed by atoms with Crippen LogP contribution in [0, 0.1) is 0 Å². The van der Waals surface area contributed by atoms with Crippen LogP contribution in [-0.4, -0.2) is 44.7 Å². The average Bonchev–Trinajstić information content (AvgIpc) is 3.13. The molecule has 25 heavy (non-hydrogen) atoms. The van der Waals surface area contributed by atoms with Gasteiger partial charge in [-0.2, -0.15) is 0 Å². The van der Waals surface area contributed by atoms with E-state index in [1.165, 1.54) is 5.56 Å². The number of amides is 2. The molecule has 0 radical (unpaired) electrons. The normalized spacial score (nSPS) is 17.4. The van der Waals surface area contributed by atoms with E-state index in [0.29, 0.717) is 19.0 Å². The minimum Gasteiger partial charge on any atom is -0.337 e. The lowest BCUT2D eigenvalue weighted by Crippen LogP contribution is -2.40. The standard InChI is InChI=1S/C19H22N2O3S/c22-19(20-12-14-25(23,24)18-9-5-2-6-10-18)21-13-11-17(15-21)16-7-3-1-4-8-16/h1-10,17H,11-15H2,(H,20,22). The molecule has 0 saturated carbocycles. The molecule has 2 amide bonds. The molecule has 0 aromatic heterocycles. The first kappa shape index (κ1) is 17.5. The molecule has 1 atom stereocenters. The van der Waals surface area contributed by atoms with Crippen LogP contribution >= 0.6 is 0 Å². The van der Waals surface area contributed by atoms with Crippen molar-refractivity contribution in [3.63, 3.8) is 0 Å². The second-order valence-corrected chi connectivity index (χ2v) is 8.32. The third kappa shape index (κ3) is 4.39. The Kier molecular flexibility index (Phi) is 5.38. The smallest absolute Gasteiger partial charge is 0.317 e. The zero-order chi connectivity index (χ0) is 17.7. The number of hydrogen-bond acceptors (Lipinski definition) is 3. The summed E-state index contributed by atoms with van der Waals surface area (Å²) in [4.78, 5) is 14.3. The Morgan fingerprint density at radius 2 is 1.68 bits per heavy atom. The van der Waals surface area contributed by atoms with Crippen molar-refractivity contribution in [1.82, 2.24) is 10.2 Å². The minimum atomic E-state index is -3.37. The molecule has 0 bridgehead atoms. The molecular formula is C19H22N2O3S. The Balaban J connectivity index is 1.49. The number of nitrogens with zero attached hydrogens (tertiary/aromatic N) is 1. The van der Waals surface area contributed by atoms with E-state index < -0.39 is 9.84 Å². The number of urea groups is 1. The monoisotopic (exact) mass is 358 g/mol. The Morgan fingerprint density at radius 1 is 1.04 bits per heavy atom. The first-order valence-electron chi connectivity index (χ1n) is 8.42. The van der Waals surface area contributed by atoms with Gasteiger partial charge in [0.15, 0.2) is 9.84 Å². The summed E-state index contributed by atoms with van der Waals surface area (Å²) in [5, 5.41) is 2.73. The summed E-state index contributed by atoms with van der Waals surface area (Å²) >= 11 is 0. The van der Waals surface area contributed by atoms with Gasteiger partial charge in [0, 0.05) is 25.6 Å². The largest absolute Gasteiger partial charge is 0.337 e. The van der Waals surface area contributed by atoms with E-state index in [4.69, 9.17) is 0 Å². The molecule has 132 valence electrons. The van der Waals surface area contributed by atoms with Crippen LogP contribution in [0.5, 0.6) is 0 Å². The molecular weight excluding hydrogens is 336 g/mol. The van der Waals surface area contributed by atoms with Gasteiger partial charge in [-0.15, -0.1) is 0 Å². The van der Waals surface area contributed by atoms with E-state index in [1.54, 1.807) is 35.2 Å². The topological polar surface area (TPSA) is 66.5 Å². The molecule has 1 fully saturated rings. The first-order valence-corrected chi connectivity index (χ1v) is 10.1. The quantitative estimate of drug-likeness (QED) is 0.894. The van der Waals surface area contributed by atoms with Crippen molar-refractivity contribution in [2.24, 2.45) is 0 Å². The van der Waals surface area contributed by atoms with Crippen LogP contribution in [0.25, 0.3) is 0 Å².